The summed E-state index contributed by atoms with van der Waals surface area (Å²) in [5.41, 5.74) is 8.36. The zero-order valence-corrected chi connectivity index (χ0v) is 16.5. The molecule has 0 bridgehead atoms. The van der Waals surface area contributed by atoms with Crippen molar-refractivity contribution < 1.29 is 0 Å². The highest BCUT2D eigenvalue weighted by atomic mass is 79.9. The molecule has 0 aliphatic heterocycles. The highest BCUT2D eigenvalue weighted by Gasteiger charge is 1.97. The average Bonchev–Trinajstić information content (AvgIpc) is 2.98. The highest BCUT2D eigenvalue weighted by Crippen LogP contribution is 2.07. The fraction of sp³-hybridized carbons (Fsp3) is 0.333. The largest absolute Gasteiger partial charge is 0.379 e. The molecule has 3 N–H and O–H groups in total. The van der Waals surface area contributed by atoms with Gasteiger partial charge in [-0.25, -0.2) is 4.98 Å². The molecular formula is C15H22Br2N4S. The van der Waals surface area contributed by atoms with E-state index in [9.17, 15) is 0 Å². The lowest BCUT2D eigenvalue weighted by Gasteiger charge is -2.01. The van der Waals surface area contributed by atoms with Crippen LogP contribution in [-0.2, 0) is 12.8 Å². The first kappa shape index (κ1) is 21.2. The van der Waals surface area contributed by atoms with E-state index in [0.29, 0.717) is 5.17 Å². The van der Waals surface area contributed by atoms with Gasteiger partial charge in [-0.2, -0.15) is 0 Å². The van der Waals surface area contributed by atoms with Gasteiger partial charge in [-0.05, 0) is 24.8 Å². The molecular weight excluding hydrogens is 428 g/mol. The Bertz CT molecular complexity index is 518. The van der Waals surface area contributed by atoms with Crippen LogP contribution in [0.2, 0.25) is 0 Å². The zero-order valence-electron chi connectivity index (χ0n) is 12.3. The molecule has 1 heterocycles. The summed E-state index contributed by atoms with van der Waals surface area (Å²) in [6.07, 6.45) is 6.59. The summed E-state index contributed by atoms with van der Waals surface area (Å²) in [6.45, 7) is 0.753. The van der Waals surface area contributed by atoms with Gasteiger partial charge in [0.25, 0.3) is 0 Å². The second kappa shape index (κ2) is 12.7. The van der Waals surface area contributed by atoms with E-state index in [2.05, 4.69) is 27.1 Å². The SMILES string of the molecule is Br.Br.NC(=NCCc1ccccc1)SCCCc1cnc[nH]1. The Morgan fingerprint density at radius 2 is 1.95 bits per heavy atom. The molecule has 7 heteroatoms. The number of rotatable bonds is 7. The minimum atomic E-state index is 0. The molecule has 0 aliphatic carbocycles. The van der Waals surface area contributed by atoms with Crippen molar-refractivity contribution in [3.63, 3.8) is 0 Å². The van der Waals surface area contributed by atoms with Crippen LogP contribution >= 0.6 is 45.7 Å². The van der Waals surface area contributed by atoms with Crippen molar-refractivity contribution in [3.05, 3.63) is 54.1 Å². The van der Waals surface area contributed by atoms with Crippen molar-refractivity contribution in [2.45, 2.75) is 19.3 Å². The van der Waals surface area contributed by atoms with Crippen LogP contribution in [0.3, 0.4) is 0 Å². The minimum Gasteiger partial charge on any atom is -0.379 e. The predicted octanol–water partition coefficient (Wildman–Crippen LogP) is 3.79. The number of amidine groups is 1. The molecule has 0 radical (unpaired) electrons. The van der Waals surface area contributed by atoms with Gasteiger partial charge in [-0.1, -0.05) is 42.1 Å². The zero-order chi connectivity index (χ0) is 14.0. The molecule has 2 rings (SSSR count). The van der Waals surface area contributed by atoms with Crippen LogP contribution in [0.4, 0.5) is 0 Å². The van der Waals surface area contributed by atoms with Crippen molar-refractivity contribution in [2.75, 3.05) is 12.3 Å². The third-order valence-electron chi connectivity index (χ3n) is 2.91. The first-order valence-corrected chi connectivity index (χ1v) is 7.77. The van der Waals surface area contributed by atoms with Crippen LogP contribution in [0, 0.1) is 0 Å². The number of benzene rings is 1. The quantitative estimate of drug-likeness (QED) is 0.383. The van der Waals surface area contributed by atoms with E-state index < -0.39 is 0 Å². The van der Waals surface area contributed by atoms with Gasteiger partial charge in [-0.15, -0.1) is 34.0 Å². The fourth-order valence-corrected chi connectivity index (χ4v) is 2.53. The Balaban J connectivity index is 0.00000220. The molecule has 22 heavy (non-hydrogen) atoms. The number of aromatic nitrogens is 2. The van der Waals surface area contributed by atoms with Gasteiger partial charge in [-0.3, -0.25) is 4.99 Å². The summed E-state index contributed by atoms with van der Waals surface area (Å²) in [4.78, 5) is 11.5. The predicted molar refractivity (Wildman–Crippen MR) is 107 cm³/mol. The molecule has 0 fully saturated rings. The van der Waals surface area contributed by atoms with Crippen LogP contribution in [0.15, 0.2) is 47.8 Å². The summed E-state index contributed by atoms with van der Waals surface area (Å²) in [6, 6.07) is 10.3. The lowest BCUT2D eigenvalue weighted by Crippen LogP contribution is -2.09. The maximum absolute atomic E-state index is 5.89. The van der Waals surface area contributed by atoms with Crippen LogP contribution in [-0.4, -0.2) is 27.4 Å². The lowest BCUT2D eigenvalue weighted by molar-refractivity contribution is 0.903. The Kier molecular flexibility index (Phi) is 12.3. The Hall–Kier alpha value is -0.790. The second-order valence-corrected chi connectivity index (χ2v) is 5.60. The number of nitrogens with one attached hydrogen (secondary N) is 1. The molecule has 0 saturated carbocycles. The number of hydrogen-bond donors (Lipinski definition) is 2. The van der Waals surface area contributed by atoms with E-state index in [0.717, 1.165) is 31.6 Å². The third-order valence-corrected chi connectivity index (χ3v) is 3.82. The van der Waals surface area contributed by atoms with Gasteiger partial charge in [0.2, 0.25) is 0 Å². The van der Waals surface area contributed by atoms with Gasteiger partial charge >= 0.3 is 0 Å². The molecule has 122 valence electrons. The number of nitrogens with two attached hydrogens (primary N) is 1. The van der Waals surface area contributed by atoms with E-state index in [1.165, 1.54) is 11.3 Å². The number of halogens is 2. The lowest BCUT2D eigenvalue weighted by atomic mass is 10.2. The molecule has 0 unspecified atom stereocenters. The normalized spacial score (nSPS) is 10.6. The molecule has 0 spiro atoms. The molecule has 1 aromatic carbocycles. The topological polar surface area (TPSA) is 67.1 Å². The van der Waals surface area contributed by atoms with Crippen molar-refractivity contribution in [2.24, 2.45) is 10.7 Å². The first-order valence-electron chi connectivity index (χ1n) is 6.78. The number of H-pyrrole nitrogens is 1. The standard InChI is InChI=1S/C15H20N4S.2BrH/c16-15(18-9-8-13-5-2-1-3-6-13)20-10-4-7-14-11-17-12-19-14;;/h1-3,5-6,11-12H,4,7-10H2,(H2,16,18)(H,17,19);2*1H. The summed E-state index contributed by atoms with van der Waals surface area (Å²) in [5, 5.41) is 0.686. The smallest absolute Gasteiger partial charge is 0.153 e. The van der Waals surface area contributed by atoms with E-state index in [1.807, 2.05) is 24.4 Å². The van der Waals surface area contributed by atoms with E-state index >= 15 is 0 Å². The van der Waals surface area contributed by atoms with Gasteiger partial charge < -0.3 is 10.7 Å². The molecule has 1 aromatic heterocycles. The fourth-order valence-electron chi connectivity index (χ4n) is 1.85. The van der Waals surface area contributed by atoms with Crippen molar-refractivity contribution in [3.8, 4) is 0 Å². The number of aliphatic imine (C=N–C) groups is 1. The molecule has 0 saturated heterocycles. The number of imidazole rings is 1. The minimum absolute atomic E-state index is 0. The third kappa shape index (κ3) is 8.60. The number of thioether (sulfide) groups is 1. The maximum Gasteiger partial charge on any atom is 0.153 e. The van der Waals surface area contributed by atoms with Crippen molar-refractivity contribution >= 4 is 50.9 Å². The Morgan fingerprint density at radius 3 is 2.64 bits per heavy atom. The number of nitrogens with zero attached hydrogens (tertiary/aromatic N) is 2. The average molecular weight is 450 g/mol. The van der Waals surface area contributed by atoms with Gasteiger partial charge in [0.1, 0.15) is 0 Å². The second-order valence-electron chi connectivity index (χ2n) is 4.48. The van der Waals surface area contributed by atoms with E-state index in [-0.39, 0.29) is 34.0 Å². The van der Waals surface area contributed by atoms with Gasteiger partial charge in [0.15, 0.2) is 5.17 Å². The molecule has 4 nitrogen and oxygen atoms in total. The van der Waals surface area contributed by atoms with Crippen molar-refractivity contribution in [1.29, 1.82) is 0 Å². The Morgan fingerprint density at radius 1 is 1.18 bits per heavy atom. The van der Waals surface area contributed by atoms with Crippen LogP contribution in [0.25, 0.3) is 0 Å². The summed E-state index contributed by atoms with van der Waals surface area (Å²) in [5.74, 6) is 0.986. The van der Waals surface area contributed by atoms with E-state index in [1.54, 1.807) is 18.1 Å². The number of hydrogen-bond acceptors (Lipinski definition) is 3. The monoisotopic (exact) mass is 448 g/mol. The van der Waals surface area contributed by atoms with Gasteiger partial charge in [0.05, 0.1) is 6.33 Å². The molecule has 2 aromatic rings. The number of aryl methyl sites for hydroxylation is 1. The Labute approximate surface area is 156 Å². The number of aromatic amines is 1. The molecule has 0 aliphatic rings. The van der Waals surface area contributed by atoms with Gasteiger partial charge in [0, 0.05) is 24.2 Å². The van der Waals surface area contributed by atoms with Crippen LogP contribution in [0.1, 0.15) is 17.7 Å². The summed E-state index contributed by atoms with van der Waals surface area (Å²) >= 11 is 1.63. The van der Waals surface area contributed by atoms with Crippen LogP contribution < -0.4 is 5.73 Å². The van der Waals surface area contributed by atoms with Crippen molar-refractivity contribution in [1.82, 2.24) is 9.97 Å². The summed E-state index contributed by atoms with van der Waals surface area (Å²) in [7, 11) is 0. The van der Waals surface area contributed by atoms with E-state index in [4.69, 9.17) is 5.73 Å². The maximum atomic E-state index is 5.89. The summed E-state index contributed by atoms with van der Waals surface area (Å²) < 4.78 is 0. The van der Waals surface area contributed by atoms with Crippen LogP contribution in [0.5, 0.6) is 0 Å². The first-order chi connectivity index (χ1) is 9.84. The highest BCUT2D eigenvalue weighted by molar-refractivity contribution is 8.93. The molecule has 0 amide bonds. The molecule has 0 atom stereocenters.